The predicted molar refractivity (Wildman–Crippen MR) is 98.6 cm³/mol. The molecule has 3 aromatic rings. The first-order valence-corrected chi connectivity index (χ1v) is 7.95. The van der Waals surface area contributed by atoms with Gasteiger partial charge >= 0.3 is 29.6 Å². The average molecular weight is 315 g/mol. The van der Waals surface area contributed by atoms with Crippen molar-refractivity contribution in [1.82, 2.24) is 9.97 Å². The molecule has 1 atom stereocenters. The van der Waals surface area contributed by atoms with E-state index in [4.69, 9.17) is 4.98 Å². The number of nitrogens with one attached hydrogen (secondary N) is 1. The SMILES string of the molecule is Cc1[nH]c2c(N3CCc4ccccc4C3C)nccc2c1C.[NaH]. The number of benzene rings is 1. The van der Waals surface area contributed by atoms with Crippen LogP contribution >= 0.6 is 0 Å². The molecule has 0 aliphatic carbocycles. The second-order valence-electron chi connectivity index (χ2n) is 6.25. The fourth-order valence-corrected chi connectivity index (χ4v) is 3.65. The number of aryl methyl sites for hydroxylation is 2. The summed E-state index contributed by atoms with van der Waals surface area (Å²) < 4.78 is 0. The maximum atomic E-state index is 4.70. The van der Waals surface area contributed by atoms with Crippen LogP contribution in [0.25, 0.3) is 10.9 Å². The molecule has 0 saturated heterocycles. The number of aromatic amines is 1. The Labute approximate surface area is 159 Å². The average Bonchev–Trinajstić information content (AvgIpc) is 2.83. The molecule has 1 aliphatic heterocycles. The zero-order valence-electron chi connectivity index (χ0n) is 13.4. The fourth-order valence-electron chi connectivity index (χ4n) is 3.65. The molecule has 0 amide bonds. The van der Waals surface area contributed by atoms with Crippen molar-refractivity contribution >= 4 is 46.3 Å². The molecule has 4 rings (SSSR count). The Morgan fingerprint density at radius 1 is 1.17 bits per heavy atom. The molecular formula is C19H22N3Na. The van der Waals surface area contributed by atoms with Gasteiger partial charge in [-0.05, 0) is 49.9 Å². The van der Waals surface area contributed by atoms with Crippen LogP contribution in [0.15, 0.2) is 36.5 Å². The van der Waals surface area contributed by atoms with E-state index in [1.165, 1.54) is 33.3 Å². The summed E-state index contributed by atoms with van der Waals surface area (Å²) in [5.41, 5.74) is 6.62. The van der Waals surface area contributed by atoms with Crippen molar-refractivity contribution in [3.05, 3.63) is 58.9 Å². The standard InChI is InChI=1S/C19H21N3.Na.H/c1-12-13(2)21-18-16(12)8-10-20-19(18)22-11-9-15-6-4-5-7-17(15)14(22)3;;/h4-8,10,14,21H,9,11H2,1-3H3;;. The van der Waals surface area contributed by atoms with Crippen LogP contribution in [0.4, 0.5) is 5.82 Å². The Morgan fingerprint density at radius 3 is 2.78 bits per heavy atom. The Hall–Kier alpha value is -1.29. The Bertz CT molecular complexity index is 853. The summed E-state index contributed by atoms with van der Waals surface area (Å²) in [5.74, 6) is 1.08. The Balaban J connectivity index is 0.00000156. The van der Waals surface area contributed by atoms with Gasteiger partial charge in [0, 0.05) is 23.8 Å². The summed E-state index contributed by atoms with van der Waals surface area (Å²) in [7, 11) is 0. The van der Waals surface area contributed by atoms with Gasteiger partial charge in [0.05, 0.1) is 11.6 Å². The van der Waals surface area contributed by atoms with Gasteiger partial charge in [0.15, 0.2) is 5.82 Å². The van der Waals surface area contributed by atoms with E-state index in [1.54, 1.807) is 0 Å². The summed E-state index contributed by atoms with van der Waals surface area (Å²) >= 11 is 0. The molecule has 2 aromatic heterocycles. The summed E-state index contributed by atoms with van der Waals surface area (Å²) in [4.78, 5) is 10.7. The fraction of sp³-hybridized carbons (Fsp3) is 0.316. The molecule has 0 saturated carbocycles. The molecule has 1 N–H and O–H groups in total. The van der Waals surface area contributed by atoms with Crippen molar-refractivity contribution in [3.63, 3.8) is 0 Å². The minimum absolute atomic E-state index is 0. The van der Waals surface area contributed by atoms with Crippen LogP contribution in [0, 0.1) is 13.8 Å². The van der Waals surface area contributed by atoms with E-state index in [0.29, 0.717) is 6.04 Å². The first kappa shape index (κ1) is 16.6. The van der Waals surface area contributed by atoms with Crippen molar-refractivity contribution in [1.29, 1.82) is 0 Å². The van der Waals surface area contributed by atoms with E-state index in [1.807, 2.05) is 6.20 Å². The minimum atomic E-state index is 0. The van der Waals surface area contributed by atoms with Crippen molar-refractivity contribution in [3.8, 4) is 0 Å². The van der Waals surface area contributed by atoms with Gasteiger partial charge in [0.2, 0.25) is 0 Å². The molecule has 3 nitrogen and oxygen atoms in total. The first-order chi connectivity index (χ1) is 10.7. The molecule has 0 radical (unpaired) electrons. The van der Waals surface area contributed by atoms with Crippen LogP contribution in [0.3, 0.4) is 0 Å². The summed E-state index contributed by atoms with van der Waals surface area (Å²) in [6.45, 7) is 7.60. The number of hydrogen-bond acceptors (Lipinski definition) is 2. The molecule has 1 unspecified atom stereocenters. The Morgan fingerprint density at radius 2 is 1.96 bits per heavy atom. The van der Waals surface area contributed by atoms with Gasteiger partial charge in [-0.1, -0.05) is 24.3 Å². The summed E-state index contributed by atoms with van der Waals surface area (Å²) in [6.07, 6.45) is 3.02. The van der Waals surface area contributed by atoms with E-state index in [9.17, 15) is 0 Å². The second-order valence-corrected chi connectivity index (χ2v) is 6.25. The van der Waals surface area contributed by atoms with Crippen molar-refractivity contribution < 1.29 is 0 Å². The molecule has 0 spiro atoms. The van der Waals surface area contributed by atoms with Gasteiger partial charge in [-0.25, -0.2) is 4.98 Å². The third-order valence-electron chi connectivity index (χ3n) is 5.08. The van der Waals surface area contributed by atoms with Crippen LogP contribution in [-0.4, -0.2) is 46.1 Å². The summed E-state index contributed by atoms with van der Waals surface area (Å²) in [5, 5.41) is 1.29. The van der Waals surface area contributed by atoms with E-state index in [0.717, 1.165) is 18.8 Å². The number of anilines is 1. The van der Waals surface area contributed by atoms with E-state index >= 15 is 0 Å². The molecular weight excluding hydrogens is 293 g/mol. The summed E-state index contributed by atoms with van der Waals surface area (Å²) in [6, 6.07) is 11.2. The molecule has 23 heavy (non-hydrogen) atoms. The van der Waals surface area contributed by atoms with Gasteiger partial charge in [0.1, 0.15) is 0 Å². The van der Waals surface area contributed by atoms with Gasteiger partial charge in [0.25, 0.3) is 0 Å². The topological polar surface area (TPSA) is 31.9 Å². The molecule has 0 bridgehead atoms. The number of pyridine rings is 1. The van der Waals surface area contributed by atoms with Crippen LogP contribution in [-0.2, 0) is 6.42 Å². The maximum absolute atomic E-state index is 4.70. The number of rotatable bonds is 1. The van der Waals surface area contributed by atoms with Crippen LogP contribution in [0.5, 0.6) is 0 Å². The van der Waals surface area contributed by atoms with E-state index < -0.39 is 0 Å². The predicted octanol–water partition coefficient (Wildman–Crippen LogP) is 3.65. The Kier molecular flexibility index (Phi) is 4.54. The van der Waals surface area contributed by atoms with Gasteiger partial charge < -0.3 is 9.88 Å². The molecule has 1 aliphatic rings. The van der Waals surface area contributed by atoms with Gasteiger partial charge in [-0.3, -0.25) is 0 Å². The van der Waals surface area contributed by atoms with Crippen molar-refractivity contribution in [2.75, 3.05) is 11.4 Å². The van der Waals surface area contributed by atoms with Gasteiger partial charge in [-0.2, -0.15) is 0 Å². The monoisotopic (exact) mass is 315 g/mol. The van der Waals surface area contributed by atoms with Crippen LogP contribution in [0.1, 0.15) is 35.3 Å². The molecule has 4 heteroatoms. The molecule has 3 heterocycles. The number of fused-ring (bicyclic) bond motifs is 2. The zero-order valence-corrected chi connectivity index (χ0v) is 13.4. The molecule has 114 valence electrons. The molecule has 0 fully saturated rings. The molecule has 1 aromatic carbocycles. The third-order valence-corrected chi connectivity index (χ3v) is 5.08. The number of aromatic nitrogens is 2. The van der Waals surface area contributed by atoms with Gasteiger partial charge in [-0.15, -0.1) is 0 Å². The van der Waals surface area contributed by atoms with E-state index in [-0.39, 0.29) is 29.6 Å². The second kappa shape index (κ2) is 6.31. The van der Waals surface area contributed by atoms with Crippen molar-refractivity contribution in [2.24, 2.45) is 0 Å². The number of H-pyrrole nitrogens is 1. The first-order valence-electron chi connectivity index (χ1n) is 7.95. The van der Waals surface area contributed by atoms with Crippen LogP contribution < -0.4 is 4.90 Å². The quantitative estimate of drug-likeness (QED) is 0.695. The zero-order chi connectivity index (χ0) is 15.3. The number of hydrogen-bond donors (Lipinski definition) is 1. The van der Waals surface area contributed by atoms with Crippen LogP contribution in [0.2, 0.25) is 0 Å². The number of nitrogens with zero attached hydrogens (tertiary/aromatic N) is 2. The van der Waals surface area contributed by atoms with E-state index in [2.05, 4.69) is 61.0 Å². The third kappa shape index (κ3) is 2.61. The normalized spacial score (nSPS) is 17.0. The van der Waals surface area contributed by atoms with Crippen molar-refractivity contribution in [2.45, 2.75) is 33.2 Å².